The minimum absolute atomic E-state index is 0.131. The summed E-state index contributed by atoms with van der Waals surface area (Å²) in [6.45, 7) is 4.78. The van der Waals surface area contributed by atoms with Crippen LogP contribution in [0.25, 0.3) is 5.69 Å². The number of rotatable bonds is 8. The van der Waals surface area contributed by atoms with Crippen LogP contribution in [-0.4, -0.2) is 64.7 Å². The van der Waals surface area contributed by atoms with Crippen LogP contribution in [0, 0.1) is 6.92 Å². The van der Waals surface area contributed by atoms with Crippen LogP contribution in [0.5, 0.6) is 0 Å². The summed E-state index contributed by atoms with van der Waals surface area (Å²) in [4.78, 5) is 27.6. The standard InChI is InChI=1S/C25H28N6O3S/c1-17-5-4-6-19(15-17)31-24(30-11-13-34-14-12-30)28-29-25(31)35-16-22(32)27-21-8-3-2-7-20(21)23(33)26-18-9-10-18/h2-8,15,18H,9-14,16H2,1H3,(H,26,33)(H,27,32). The molecule has 9 nitrogen and oxygen atoms in total. The summed E-state index contributed by atoms with van der Waals surface area (Å²) in [5.41, 5.74) is 3.04. The van der Waals surface area contributed by atoms with Crippen LogP contribution < -0.4 is 15.5 Å². The number of aryl methyl sites for hydroxylation is 1. The third-order valence-corrected chi connectivity index (χ3v) is 6.79. The molecule has 1 aromatic heterocycles. The molecule has 182 valence electrons. The van der Waals surface area contributed by atoms with E-state index in [1.165, 1.54) is 11.8 Å². The second-order valence-electron chi connectivity index (χ2n) is 8.69. The fourth-order valence-electron chi connectivity index (χ4n) is 3.91. The number of aromatic nitrogens is 3. The number of carbonyl (C=O) groups is 2. The van der Waals surface area contributed by atoms with Crippen molar-refractivity contribution < 1.29 is 14.3 Å². The van der Waals surface area contributed by atoms with E-state index in [0.29, 0.717) is 29.6 Å². The number of thioether (sulfide) groups is 1. The second kappa shape index (κ2) is 10.5. The molecule has 1 saturated carbocycles. The summed E-state index contributed by atoms with van der Waals surface area (Å²) in [7, 11) is 0. The van der Waals surface area contributed by atoms with E-state index < -0.39 is 0 Å². The van der Waals surface area contributed by atoms with E-state index in [1.807, 2.05) is 29.7 Å². The maximum Gasteiger partial charge on any atom is 0.253 e. The largest absolute Gasteiger partial charge is 0.378 e. The molecule has 3 aromatic rings. The predicted octanol–water partition coefficient (Wildman–Crippen LogP) is 3.04. The van der Waals surface area contributed by atoms with Crippen LogP contribution in [0.3, 0.4) is 0 Å². The van der Waals surface area contributed by atoms with Gasteiger partial charge in [-0.3, -0.25) is 14.2 Å². The van der Waals surface area contributed by atoms with Crippen molar-refractivity contribution in [1.82, 2.24) is 20.1 Å². The van der Waals surface area contributed by atoms with Gasteiger partial charge in [-0.25, -0.2) is 0 Å². The summed E-state index contributed by atoms with van der Waals surface area (Å²) in [5, 5.41) is 15.4. The van der Waals surface area contributed by atoms with E-state index in [0.717, 1.165) is 43.1 Å². The molecular weight excluding hydrogens is 464 g/mol. The minimum atomic E-state index is -0.214. The SMILES string of the molecule is Cc1cccc(-n2c(SCC(=O)Nc3ccccc3C(=O)NC3CC3)nnc2N2CCOCC2)c1. The number of hydrogen-bond acceptors (Lipinski definition) is 7. The first-order chi connectivity index (χ1) is 17.1. The zero-order valence-electron chi connectivity index (χ0n) is 19.6. The van der Waals surface area contributed by atoms with Crippen molar-refractivity contribution >= 4 is 35.2 Å². The first kappa shape index (κ1) is 23.4. The number of nitrogens with one attached hydrogen (secondary N) is 2. The fraction of sp³-hybridized carbons (Fsp3) is 0.360. The maximum absolute atomic E-state index is 12.9. The first-order valence-corrected chi connectivity index (χ1v) is 12.7. The molecule has 0 spiro atoms. The summed E-state index contributed by atoms with van der Waals surface area (Å²) in [5.74, 6) is 0.494. The molecule has 0 bridgehead atoms. The molecule has 1 aliphatic carbocycles. The summed E-state index contributed by atoms with van der Waals surface area (Å²) in [6, 6.07) is 15.4. The van der Waals surface area contributed by atoms with Gasteiger partial charge in [0.05, 0.1) is 35.9 Å². The molecule has 1 aliphatic heterocycles. The van der Waals surface area contributed by atoms with Crippen LogP contribution in [0.4, 0.5) is 11.6 Å². The number of ether oxygens (including phenoxy) is 1. The van der Waals surface area contributed by atoms with Crippen LogP contribution in [-0.2, 0) is 9.53 Å². The van der Waals surface area contributed by atoms with Gasteiger partial charge in [0.1, 0.15) is 0 Å². The number of benzene rings is 2. The van der Waals surface area contributed by atoms with Crippen molar-refractivity contribution in [3.8, 4) is 5.69 Å². The van der Waals surface area contributed by atoms with Gasteiger partial charge < -0.3 is 20.3 Å². The highest BCUT2D eigenvalue weighted by atomic mass is 32.2. The van der Waals surface area contributed by atoms with Crippen molar-refractivity contribution in [2.75, 3.05) is 42.3 Å². The Labute approximate surface area is 208 Å². The predicted molar refractivity (Wildman–Crippen MR) is 135 cm³/mol. The van der Waals surface area contributed by atoms with E-state index in [9.17, 15) is 9.59 Å². The highest BCUT2D eigenvalue weighted by Crippen LogP contribution is 2.28. The molecule has 35 heavy (non-hydrogen) atoms. The van der Waals surface area contributed by atoms with E-state index in [4.69, 9.17) is 4.74 Å². The van der Waals surface area contributed by atoms with Crippen LogP contribution in [0.1, 0.15) is 28.8 Å². The summed E-state index contributed by atoms with van der Waals surface area (Å²) < 4.78 is 7.49. The molecular formula is C25H28N6O3S. The summed E-state index contributed by atoms with van der Waals surface area (Å²) in [6.07, 6.45) is 2.01. The van der Waals surface area contributed by atoms with Gasteiger partial charge in [0, 0.05) is 19.1 Å². The van der Waals surface area contributed by atoms with Gasteiger partial charge in [-0.1, -0.05) is 36.0 Å². The lowest BCUT2D eigenvalue weighted by Crippen LogP contribution is -2.37. The Balaban J connectivity index is 1.32. The second-order valence-corrected chi connectivity index (χ2v) is 9.63. The van der Waals surface area contributed by atoms with Gasteiger partial charge in [0.2, 0.25) is 11.9 Å². The van der Waals surface area contributed by atoms with Crippen LogP contribution >= 0.6 is 11.8 Å². The molecule has 5 rings (SSSR count). The third-order valence-electron chi connectivity index (χ3n) is 5.86. The third kappa shape index (κ3) is 5.66. The van der Waals surface area contributed by atoms with Gasteiger partial charge in [-0.15, -0.1) is 10.2 Å². The zero-order valence-corrected chi connectivity index (χ0v) is 20.4. The smallest absolute Gasteiger partial charge is 0.253 e. The molecule has 2 amide bonds. The lowest BCUT2D eigenvalue weighted by atomic mass is 10.1. The van der Waals surface area contributed by atoms with E-state index in [-0.39, 0.29) is 23.6 Å². The molecule has 0 radical (unpaired) electrons. The van der Waals surface area contributed by atoms with Gasteiger partial charge in [-0.2, -0.15) is 0 Å². The minimum Gasteiger partial charge on any atom is -0.378 e. The van der Waals surface area contributed by atoms with E-state index >= 15 is 0 Å². The van der Waals surface area contributed by atoms with Crippen molar-refractivity contribution in [1.29, 1.82) is 0 Å². The van der Waals surface area contributed by atoms with Gasteiger partial charge in [0.25, 0.3) is 5.91 Å². The van der Waals surface area contributed by atoms with Crippen molar-refractivity contribution in [2.45, 2.75) is 31.0 Å². The number of hydrogen-bond donors (Lipinski definition) is 2. The Morgan fingerprint density at radius 1 is 1.09 bits per heavy atom. The van der Waals surface area contributed by atoms with Crippen molar-refractivity contribution in [2.24, 2.45) is 0 Å². The average Bonchev–Trinajstić information content (AvgIpc) is 3.58. The molecule has 1 saturated heterocycles. The molecule has 10 heteroatoms. The Hall–Kier alpha value is -3.37. The fourth-order valence-corrected chi connectivity index (χ4v) is 4.66. The number of nitrogens with zero attached hydrogens (tertiary/aromatic N) is 4. The van der Waals surface area contributed by atoms with Gasteiger partial charge in [-0.05, 0) is 49.6 Å². The molecule has 2 heterocycles. The molecule has 2 N–H and O–H groups in total. The molecule has 2 fully saturated rings. The molecule has 2 aliphatic rings. The normalized spacial score (nSPS) is 15.6. The first-order valence-electron chi connectivity index (χ1n) is 11.8. The highest BCUT2D eigenvalue weighted by molar-refractivity contribution is 7.99. The van der Waals surface area contributed by atoms with Crippen LogP contribution in [0.15, 0.2) is 53.7 Å². The lowest BCUT2D eigenvalue weighted by molar-refractivity contribution is -0.113. The molecule has 0 unspecified atom stereocenters. The number of para-hydroxylation sites is 1. The average molecular weight is 493 g/mol. The van der Waals surface area contributed by atoms with Gasteiger partial charge in [0.15, 0.2) is 5.16 Å². The van der Waals surface area contributed by atoms with Crippen molar-refractivity contribution in [3.63, 3.8) is 0 Å². The van der Waals surface area contributed by atoms with E-state index in [2.05, 4.69) is 31.8 Å². The number of anilines is 2. The number of amides is 2. The Morgan fingerprint density at radius 3 is 2.66 bits per heavy atom. The van der Waals surface area contributed by atoms with Crippen LogP contribution in [0.2, 0.25) is 0 Å². The topological polar surface area (TPSA) is 101 Å². The Kier molecular flexibility index (Phi) is 7.01. The molecule has 0 atom stereocenters. The van der Waals surface area contributed by atoms with Crippen molar-refractivity contribution in [3.05, 3.63) is 59.7 Å². The molecule has 2 aromatic carbocycles. The lowest BCUT2D eigenvalue weighted by Gasteiger charge is -2.28. The van der Waals surface area contributed by atoms with Gasteiger partial charge >= 0.3 is 0 Å². The monoisotopic (exact) mass is 492 g/mol. The summed E-state index contributed by atoms with van der Waals surface area (Å²) >= 11 is 1.31. The maximum atomic E-state index is 12.9. The Bertz CT molecular complexity index is 1220. The highest BCUT2D eigenvalue weighted by Gasteiger charge is 2.25. The Morgan fingerprint density at radius 2 is 1.89 bits per heavy atom. The number of morpholine rings is 1. The zero-order chi connectivity index (χ0) is 24.2. The van der Waals surface area contributed by atoms with E-state index in [1.54, 1.807) is 24.3 Å². The quantitative estimate of drug-likeness (QED) is 0.466. The number of carbonyl (C=O) groups excluding carboxylic acids is 2.